The first-order valence-corrected chi connectivity index (χ1v) is 14.5. The van der Waals surface area contributed by atoms with E-state index in [-0.39, 0.29) is 17.9 Å². The van der Waals surface area contributed by atoms with Gasteiger partial charge < -0.3 is 33.7 Å². The van der Waals surface area contributed by atoms with Crippen LogP contribution in [0, 0.1) is 6.92 Å². The van der Waals surface area contributed by atoms with E-state index in [1.807, 2.05) is 31.2 Å². The molecule has 1 N–H and O–H groups in total. The van der Waals surface area contributed by atoms with Crippen molar-refractivity contribution in [2.45, 2.75) is 19.6 Å². The molecule has 0 aliphatic carbocycles. The lowest BCUT2D eigenvalue weighted by Gasteiger charge is -2.31. The van der Waals surface area contributed by atoms with Gasteiger partial charge >= 0.3 is 0 Å². The summed E-state index contributed by atoms with van der Waals surface area (Å²) in [4.78, 5) is 30.8. The van der Waals surface area contributed by atoms with Crippen LogP contribution in [0.3, 0.4) is 0 Å². The van der Waals surface area contributed by atoms with Crippen molar-refractivity contribution in [3.8, 4) is 23.0 Å². The van der Waals surface area contributed by atoms with Crippen molar-refractivity contribution in [3.05, 3.63) is 88.5 Å². The monoisotopic (exact) mass is 602 g/mol. The Morgan fingerprint density at radius 1 is 0.909 bits per heavy atom. The summed E-state index contributed by atoms with van der Waals surface area (Å²) in [5, 5.41) is 11.6. The molecule has 2 heterocycles. The fourth-order valence-corrected chi connectivity index (χ4v) is 5.59. The number of Topliss-reactive ketones (excluding diaryl/α,β-unsaturated/α-hetero) is 1. The number of nitrogens with zero attached hydrogens (tertiary/aromatic N) is 2. The van der Waals surface area contributed by atoms with Crippen LogP contribution in [0.5, 0.6) is 23.0 Å². The van der Waals surface area contributed by atoms with Gasteiger partial charge in [0.05, 0.1) is 46.2 Å². The number of hydrogen-bond acceptors (Lipinski definition) is 9. The van der Waals surface area contributed by atoms with Crippen LogP contribution in [0.4, 0.5) is 0 Å². The van der Waals surface area contributed by atoms with E-state index < -0.39 is 17.7 Å². The zero-order chi connectivity index (χ0) is 31.2. The van der Waals surface area contributed by atoms with Crippen LogP contribution < -0.4 is 18.9 Å². The highest BCUT2D eigenvalue weighted by Gasteiger charge is 2.46. The quantitative estimate of drug-likeness (QED) is 0.195. The summed E-state index contributed by atoms with van der Waals surface area (Å²) in [5.41, 5.74) is 3.12. The first kappa shape index (κ1) is 30.9. The normalized spacial score (nSPS) is 18.4. The number of aliphatic hydroxyl groups excluding tert-OH is 1. The summed E-state index contributed by atoms with van der Waals surface area (Å²) in [6.45, 7) is 5.93. The van der Waals surface area contributed by atoms with Crippen LogP contribution in [-0.4, -0.2) is 87.3 Å². The summed E-state index contributed by atoms with van der Waals surface area (Å²) in [6.07, 6.45) is 0. The van der Waals surface area contributed by atoms with Gasteiger partial charge in [-0.15, -0.1) is 0 Å². The Balaban J connectivity index is 1.50. The lowest BCUT2D eigenvalue weighted by Crippen LogP contribution is -2.42. The average Bonchev–Trinajstić information content (AvgIpc) is 3.31. The van der Waals surface area contributed by atoms with Gasteiger partial charge in [-0.25, -0.2) is 0 Å². The van der Waals surface area contributed by atoms with Crippen molar-refractivity contribution in [1.82, 2.24) is 9.80 Å². The third-order valence-electron chi connectivity index (χ3n) is 8.09. The Bertz CT molecular complexity index is 1500. The van der Waals surface area contributed by atoms with E-state index in [1.165, 1.54) is 26.2 Å². The van der Waals surface area contributed by atoms with Crippen LogP contribution in [0.15, 0.2) is 66.2 Å². The van der Waals surface area contributed by atoms with E-state index in [0.29, 0.717) is 60.5 Å². The van der Waals surface area contributed by atoms with Gasteiger partial charge in [0.2, 0.25) is 5.75 Å². The minimum Gasteiger partial charge on any atom is -0.507 e. The molecule has 2 aliphatic rings. The first-order chi connectivity index (χ1) is 21.4. The third kappa shape index (κ3) is 6.36. The van der Waals surface area contributed by atoms with Gasteiger partial charge in [-0.3, -0.25) is 14.5 Å². The maximum atomic E-state index is 13.6. The molecule has 0 radical (unpaired) electrons. The summed E-state index contributed by atoms with van der Waals surface area (Å²) in [5.74, 6) is 0.00933. The second-order valence-corrected chi connectivity index (χ2v) is 10.6. The molecule has 3 aromatic rings. The predicted molar refractivity (Wildman–Crippen MR) is 164 cm³/mol. The number of methoxy groups -OCH3 is 3. The second kappa shape index (κ2) is 13.8. The molecule has 0 saturated carbocycles. The number of hydrogen-bond donors (Lipinski definition) is 1. The van der Waals surface area contributed by atoms with E-state index in [0.717, 1.165) is 24.2 Å². The van der Waals surface area contributed by atoms with Gasteiger partial charge in [0.15, 0.2) is 11.5 Å². The first-order valence-electron chi connectivity index (χ1n) is 14.5. The fraction of sp³-hybridized carbons (Fsp3) is 0.353. The molecule has 2 aliphatic heterocycles. The predicted octanol–water partition coefficient (Wildman–Crippen LogP) is 4.35. The average molecular weight is 603 g/mol. The van der Waals surface area contributed by atoms with Gasteiger partial charge in [0, 0.05) is 31.7 Å². The number of aryl methyl sites for hydroxylation is 1. The van der Waals surface area contributed by atoms with Gasteiger partial charge in [-0.1, -0.05) is 24.3 Å². The molecule has 2 fully saturated rings. The highest BCUT2D eigenvalue weighted by molar-refractivity contribution is 6.46. The molecule has 10 heteroatoms. The van der Waals surface area contributed by atoms with E-state index in [4.69, 9.17) is 23.7 Å². The Hall–Kier alpha value is -4.54. The Kier molecular flexibility index (Phi) is 9.72. The number of ether oxygens (including phenoxy) is 5. The summed E-state index contributed by atoms with van der Waals surface area (Å²) >= 11 is 0. The molecule has 0 spiro atoms. The van der Waals surface area contributed by atoms with E-state index in [9.17, 15) is 14.7 Å². The largest absolute Gasteiger partial charge is 0.507 e. The lowest BCUT2D eigenvalue weighted by molar-refractivity contribution is -0.140. The van der Waals surface area contributed by atoms with E-state index in [2.05, 4.69) is 4.90 Å². The minimum atomic E-state index is -0.887. The molecule has 1 unspecified atom stereocenters. The molecule has 1 atom stereocenters. The molecule has 10 nitrogen and oxygen atoms in total. The van der Waals surface area contributed by atoms with Gasteiger partial charge in [0.25, 0.3) is 11.7 Å². The van der Waals surface area contributed by atoms with E-state index in [1.54, 1.807) is 36.4 Å². The molecule has 44 heavy (non-hydrogen) atoms. The van der Waals surface area contributed by atoms with Crippen LogP contribution in [-0.2, 0) is 20.9 Å². The molecule has 0 bridgehead atoms. The van der Waals surface area contributed by atoms with Crippen molar-refractivity contribution >= 4 is 17.4 Å². The van der Waals surface area contributed by atoms with Crippen molar-refractivity contribution in [3.63, 3.8) is 0 Å². The minimum absolute atomic E-state index is 0.0140. The zero-order valence-corrected chi connectivity index (χ0v) is 25.5. The number of rotatable bonds is 11. The number of benzene rings is 3. The number of ketones is 1. The van der Waals surface area contributed by atoms with Crippen molar-refractivity contribution in [2.24, 2.45) is 0 Å². The van der Waals surface area contributed by atoms with Gasteiger partial charge in [-0.2, -0.15) is 0 Å². The number of amides is 1. The molecule has 0 aromatic heterocycles. The number of carbonyl (C=O) groups is 2. The van der Waals surface area contributed by atoms with E-state index >= 15 is 0 Å². The molecular formula is C34H38N2O8. The lowest BCUT2D eigenvalue weighted by atomic mass is 9.94. The Labute approximate surface area is 257 Å². The summed E-state index contributed by atoms with van der Waals surface area (Å²) < 4.78 is 28.1. The van der Waals surface area contributed by atoms with Crippen LogP contribution in [0.25, 0.3) is 5.76 Å². The van der Waals surface area contributed by atoms with Crippen LogP contribution in [0.2, 0.25) is 0 Å². The molecule has 232 valence electrons. The maximum absolute atomic E-state index is 13.6. The van der Waals surface area contributed by atoms with Crippen molar-refractivity contribution < 1.29 is 38.4 Å². The number of aliphatic hydroxyl groups is 1. The summed E-state index contributed by atoms with van der Waals surface area (Å²) in [6, 6.07) is 17.3. The smallest absolute Gasteiger partial charge is 0.295 e. The molecular weight excluding hydrogens is 564 g/mol. The van der Waals surface area contributed by atoms with Crippen molar-refractivity contribution in [1.29, 1.82) is 0 Å². The highest BCUT2D eigenvalue weighted by Crippen LogP contribution is 2.45. The van der Waals surface area contributed by atoms with Gasteiger partial charge in [0.1, 0.15) is 18.1 Å². The molecule has 1 amide bonds. The molecule has 3 aromatic carbocycles. The number of likely N-dealkylation sites (tertiary alicyclic amines) is 1. The summed E-state index contributed by atoms with van der Waals surface area (Å²) in [7, 11) is 4.50. The third-order valence-corrected chi connectivity index (χ3v) is 8.09. The number of morpholine rings is 1. The van der Waals surface area contributed by atoms with Gasteiger partial charge in [-0.05, 0) is 60.0 Å². The van der Waals surface area contributed by atoms with Crippen LogP contribution >= 0.6 is 0 Å². The maximum Gasteiger partial charge on any atom is 0.295 e. The molecule has 2 saturated heterocycles. The fourth-order valence-electron chi connectivity index (χ4n) is 5.59. The standard InChI is InChI=1S/C34H38N2O8/c1-22-7-5-6-8-24(22)21-44-26-11-9-23(10-12-26)31(37)29-30(25-19-27(40-2)33(42-4)28(20-25)41-3)36(34(39)32(29)38)14-13-35-15-17-43-18-16-35/h5-12,19-20,30,37H,13-18,21H2,1-4H3. The topological polar surface area (TPSA) is 107 Å². The Morgan fingerprint density at radius 2 is 1.57 bits per heavy atom. The highest BCUT2D eigenvalue weighted by atomic mass is 16.5. The SMILES string of the molecule is COc1cc(C2C(=C(O)c3ccc(OCc4ccccc4C)cc3)C(=O)C(=O)N2CCN2CCOCC2)cc(OC)c1OC. The molecule has 5 rings (SSSR count). The zero-order valence-electron chi connectivity index (χ0n) is 25.5. The Morgan fingerprint density at radius 3 is 2.18 bits per heavy atom. The second-order valence-electron chi connectivity index (χ2n) is 10.6. The number of carbonyl (C=O) groups excluding carboxylic acids is 2. The van der Waals surface area contributed by atoms with Crippen molar-refractivity contribution in [2.75, 3.05) is 60.7 Å². The van der Waals surface area contributed by atoms with Crippen LogP contribution in [0.1, 0.15) is 28.3 Å².